The molecule has 0 saturated carbocycles. The molecule has 1 aromatic heterocycles. The van der Waals surface area contributed by atoms with Crippen LogP contribution in [0.3, 0.4) is 0 Å². The van der Waals surface area contributed by atoms with Gasteiger partial charge in [0.15, 0.2) is 0 Å². The molecule has 0 bridgehead atoms. The number of hydrogen-bond acceptors (Lipinski definition) is 5. The van der Waals surface area contributed by atoms with Gasteiger partial charge in [0, 0.05) is 18.0 Å². The fraction of sp³-hybridized carbons (Fsp3) is 0.222. The number of hydrogen-bond donors (Lipinski definition) is 1. The second-order valence-electron chi connectivity index (χ2n) is 5.92. The molecular formula is C18H16N4O3. The van der Waals surface area contributed by atoms with Gasteiger partial charge in [-0.05, 0) is 5.56 Å². The van der Waals surface area contributed by atoms with Crippen molar-refractivity contribution in [2.24, 2.45) is 0 Å². The maximum atomic E-state index is 12.2. The van der Waals surface area contributed by atoms with Gasteiger partial charge in [0.2, 0.25) is 5.91 Å². The Balaban J connectivity index is 1.57. The molecule has 2 aliphatic rings. The molecule has 4 rings (SSSR count). The maximum absolute atomic E-state index is 12.2. The van der Waals surface area contributed by atoms with Gasteiger partial charge < -0.3 is 10.1 Å². The lowest BCUT2D eigenvalue weighted by atomic mass is 9.93. The SMILES string of the molecule is O=C1N[C@H](/C=C/c2cncnc2)[C@H]1N1C(=O)OC[C@@H]1c1ccccc1. The quantitative estimate of drug-likeness (QED) is 0.857. The van der Waals surface area contributed by atoms with Crippen LogP contribution in [-0.4, -0.2) is 45.6 Å². The van der Waals surface area contributed by atoms with Crippen LogP contribution in [0.4, 0.5) is 4.79 Å². The number of rotatable bonds is 4. The van der Waals surface area contributed by atoms with E-state index in [1.54, 1.807) is 12.4 Å². The largest absolute Gasteiger partial charge is 0.447 e. The summed E-state index contributed by atoms with van der Waals surface area (Å²) >= 11 is 0. The van der Waals surface area contributed by atoms with Crippen LogP contribution in [0.15, 0.2) is 55.1 Å². The highest BCUT2D eigenvalue weighted by Gasteiger charge is 2.50. The van der Waals surface area contributed by atoms with Gasteiger partial charge in [-0.2, -0.15) is 0 Å². The summed E-state index contributed by atoms with van der Waals surface area (Å²) in [5.74, 6) is -0.182. The van der Waals surface area contributed by atoms with E-state index in [4.69, 9.17) is 4.74 Å². The van der Waals surface area contributed by atoms with Gasteiger partial charge in [0.1, 0.15) is 19.0 Å². The number of carbonyl (C=O) groups excluding carboxylic acids is 2. The van der Waals surface area contributed by atoms with Gasteiger partial charge in [-0.1, -0.05) is 42.5 Å². The van der Waals surface area contributed by atoms with Crippen LogP contribution < -0.4 is 5.32 Å². The Morgan fingerprint density at radius 2 is 1.92 bits per heavy atom. The molecule has 0 radical (unpaired) electrons. The van der Waals surface area contributed by atoms with Crippen molar-refractivity contribution in [1.29, 1.82) is 0 Å². The van der Waals surface area contributed by atoms with Crippen molar-refractivity contribution >= 4 is 18.1 Å². The normalized spacial score (nSPS) is 25.6. The van der Waals surface area contributed by atoms with E-state index in [9.17, 15) is 9.59 Å². The molecule has 1 aromatic carbocycles. The van der Waals surface area contributed by atoms with Crippen LogP contribution in [0.25, 0.3) is 6.08 Å². The lowest BCUT2D eigenvalue weighted by Crippen LogP contribution is -2.68. The van der Waals surface area contributed by atoms with Gasteiger partial charge in [0.25, 0.3) is 0 Å². The van der Waals surface area contributed by atoms with Gasteiger partial charge >= 0.3 is 6.09 Å². The van der Waals surface area contributed by atoms with Crippen LogP contribution in [0.2, 0.25) is 0 Å². The molecule has 1 N–H and O–H groups in total. The summed E-state index contributed by atoms with van der Waals surface area (Å²) in [6.07, 6.45) is 8.02. The lowest BCUT2D eigenvalue weighted by Gasteiger charge is -2.41. The van der Waals surface area contributed by atoms with E-state index in [0.717, 1.165) is 11.1 Å². The number of nitrogens with zero attached hydrogens (tertiary/aromatic N) is 3. The summed E-state index contributed by atoms with van der Waals surface area (Å²) in [6.45, 7) is 0.246. The molecule has 2 aliphatic heterocycles. The molecule has 0 aliphatic carbocycles. The third kappa shape index (κ3) is 2.84. The van der Waals surface area contributed by atoms with Crippen molar-refractivity contribution in [1.82, 2.24) is 20.2 Å². The smallest absolute Gasteiger partial charge is 0.411 e. The molecule has 2 fully saturated rings. The molecule has 7 heteroatoms. The molecule has 2 saturated heterocycles. The monoisotopic (exact) mass is 336 g/mol. The minimum Gasteiger partial charge on any atom is -0.447 e. The number of amides is 2. The van der Waals surface area contributed by atoms with Crippen molar-refractivity contribution in [3.63, 3.8) is 0 Å². The minimum absolute atomic E-state index is 0.182. The number of nitrogens with one attached hydrogen (secondary N) is 1. The third-order valence-electron chi connectivity index (χ3n) is 4.39. The number of cyclic esters (lactones) is 1. The van der Waals surface area contributed by atoms with Crippen LogP contribution in [0.1, 0.15) is 17.2 Å². The second kappa shape index (κ2) is 6.35. The van der Waals surface area contributed by atoms with Gasteiger partial charge in [0.05, 0.1) is 12.1 Å². The van der Waals surface area contributed by atoms with Crippen LogP contribution in [0.5, 0.6) is 0 Å². The molecule has 2 aromatic rings. The van der Waals surface area contributed by atoms with E-state index in [1.807, 2.05) is 42.5 Å². The molecule has 7 nitrogen and oxygen atoms in total. The van der Waals surface area contributed by atoms with Crippen LogP contribution in [0, 0.1) is 0 Å². The number of carbonyl (C=O) groups is 2. The first-order valence-electron chi connectivity index (χ1n) is 7.97. The zero-order chi connectivity index (χ0) is 17.2. The zero-order valence-electron chi connectivity index (χ0n) is 13.3. The summed E-state index contributed by atoms with van der Waals surface area (Å²) in [5.41, 5.74) is 1.78. The topological polar surface area (TPSA) is 84.4 Å². The lowest BCUT2D eigenvalue weighted by molar-refractivity contribution is -0.134. The van der Waals surface area contributed by atoms with Crippen molar-refractivity contribution in [3.05, 3.63) is 66.3 Å². The first-order chi connectivity index (χ1) is 12.2. The Bertz CT molecular complexity index is 810. The van der Waals surface area contributed by atoms with Crippen molar-refractivity contribution < 1.29 is 14.3 Å². The van der Waals surface area contributed by atoms with Crippen molar-refractivity contribution in [2.45, 2.75) is 18.1 Å². The maximum Gasteiger partial charge on any atom is 0.411 e. The van der Waals surface area contributed by atoms with Crippen molar-refractivity contribution in [3.8, 4) is 0 Å². The summed E-state index contributed by atoms with van der Waals surface area (Å²) in [7, 11) is 0. The molecule has 2 amide bonds. The third-order valence-corrected chi connectivity index (χ3v) is 4.39. The number of aromatic nitrogens is 2. The van der Waals surface area contributed by atoms with Crippen LogP contribution >= 0.6 is 0 Å². The fourth-order valence-corrected chi connectivity index (χ4v) is 3.13. The highest BCUT2D eigenvalue weighted by atomic mass is 16.6. The average molecular weight is 336 g/mol. The van der Waals surface area contributed by atoms with Gasteiger partial charge in [-0.15, -0.1) is 0 Å². The predicted molar refractivity (Wildman–Crippen MR) is 89.2 cm³/mol. The predicted octanol–water partition coefficient (Wildman–Crippen LogP) is 1.55. The fourth-order valence-electron chi connectivity index (χ4n) is 3.13. The Labute approximate surface area is 144 Å². The second-order valence-corrected chi connectivity index (χ2v) is 5.92. The van der Waals surface area contributed by atoms with Gasteiger partial charge in [-0.25, -0.2) is 14.8 Å². The van der Waals surface area contributed by atoms with E-state index >= 15 is 0 Å². The molecule has 0 unspecified atom stereocenters. The summed E-state index contributed by atoms with van der Waals surface area (Å²) in [6, 6.07) is 8.47. The summed E-state index contributed by atoms with van der Waals surface area (Å²) < 4.78 is 5.21. The first-order valence-corrected chi connectivity index (χ1v) is 7.97. The minimum atomic E-state index is -0.582. The summed E-state index contributed by atoms with van der Waals surface area (Å²) in [4.78, 5) is 33.8. The van der Waals surface area contributed by atoms with Crippen LogP contribution in [-0.2, 0) is 9.53 Å². The molecular weight excluding hydrogens is 320 g/mol. The van der Waals surface area contributed by atoms with E-state index in [0.29, 0.717) is 0 Å². The Hall–Kier alpha value is -3.22. The molecule has 0 spiro atoms. The average Bonchev–Trinajstić information content (AvgIpc) is 3.01. The Morgan fingerprint density at radius 1 is 1.16 bits per heavy atom. The standard InChI is InChI=1S/C18H16N4O3/c23-17-16(14(21-17)7-6-12-8-19-11-20-9-12)22-15(10-25-18(22)24)13-4-2-1-3-5-13/h1-9,11,14-16H,10H2,(H,21,23)/b7-6+/t14-,15-,16-/m1/s1. The first kappa shape index (κ1) is 15.3. The molecule has 3 atom stereocenters. The number of ether oxygens (including phenoxy) is 1. The highest BCUT2D eigenvalue weighted by Crippen LogP contribution is 2.33. The molecule has 3 heterocycles. The molecule has 25 heavy (non-hydrogen) atoms. The molecule has 126 valence electrons. The number of β-lactam (4-membered cyclic amide) rings is 1. The van der Waals surface area contributed by atoms with Crippen molar-refractivity contribution in [2.75, 3.05) is 6.61 Å². The Morgan fingerprint density at radius 3 is 2.64 bits per heavy atom. The van der Waals surface area contributed by atoms with E-state index in [2.05, 4.69) is 15.3 Å². The Kier molecular flexibility index (Phi) is 3.89. The number of benzene rings is 1. The summed E-state index contributed by atoms with van der Waals surface area (Å²) in [5, 5.41) is 2.82. The zero-order valence-corrected chi connectivity index (χ0v) is 13.3. The van der Waals surface area contributed by atoms with E-state index in [-0.39, 0.29) is 24.6 Å². The van der Waals surface area contributed by atoms with Gasteiger partial charge in [-0.3, -0.25) is 9.69 Å². The highest BCUT2D eigenvalue weighted by molar-refractivity contribution is 5.93. The van der Waals surface area contributed by atoms with E-state index < -0.39 is 12.1 Å². The van der Waals surface area contributed by atoms with E-state index in [1.165, 1.54) is 11.2 Å².